The highest BCUT2D eigenvalue weighted by Crippen LogP contribution is 2.08. The SMILES string of the molecule is COCCNCc1ccnn1Cc1ncnn1C(C)C. The number of aromatic nitrogens is 5. The number of ether oxygens (including phenoxy) is 1. The fourth-order valence-corrected chi connectivity index (χ4v) is 2.00. The minimum absolute atomic E-state index is 0.298. The van der Waals surface area contributed by atoms with Gasteiger partial charge in [-0.15, -0.1) is 0 Å². The van der Waals surface area contributed by atoms with Crippen LogP contribution in [0.4, 0.5) is 0 Å². The van der Waals surface area contributed by atoms with Crippen LogP contribution in [0.3, 0.4) is 0 Å². The molecule has 2 aromatic heterocycles. The number of rotatable bonds is 8. The summed E-state index contributed by atoms with van der Waals surface area (Å²) >= 11 is 0. The average molecular weight is 278 g/mol. The zero-order valence-corrected chi connectivity index (χ0v) is 12.3. The van der Waals surface area contributed by atoms with Crippen molar-refractivity contribution >= 4 is 0 Å². The average Bonchev–Trinajstić information content (AvgIpc) is 3.05. The molecule has 7 heteroatoms. The third-order valence-corrected chi connectivity index (χ3v) is 3.02. The second-order valence-corrected chi connectivity index (χ2v) is 4.86. The van der Waals surface area contributed by atoms with Crippen molar-refractivity contribution in [2.75, 3.05) is 20.3 Å². The van der Waals surface area contributed by atoms with Crippen LogP contribution in [0.15, 0.2) is 18.6 Å². The lowest BCUT2D eigenvalue weighted by Gasteiger charge is -2.11. The van der Waals surface area contributed by atoms with Gasteiger partial charge in [0.05, 0.1) is 12.3 Å². The predicted molar refractivity (Wildman–Crippen MR) is 75.3 cm³/mol. The molecule has 0 aromatic carbocycles. The van der Waals surface area contributed by atoms with Crippen LogP contribution < -0.4 is 5.32 Å². The van der Waals surface area contributed by atoms with Crippen molar-refractivity contribution in [3.63, 3.8) is 0 Å². The number of methoxy groups -OCH3 is 1. The van der Waals surface area contributed by atoms with Crippen LogP contribution in [-0.4, -0.2) is 44.8 Å². The highest BCUT2D eigenvalue weighted by atomic mass is 16.5. The summed E-state index contributed by atoms with van der Waals surface area (Å²) in [6.07, 6.45) is 3.40. The van der Waals surface area contributed by atoms with E-state index in [0.717, 1.165) is 24.6 Å². The Labute approximate surface area is 119 Å². The Morgan fingerprint density at radius 3 is 2.95 bits per heavy atom. The predicted octanol–water partition coefficient (Wildman–Crippen LogP) is 0.840. The molecule has 2 aromatic rings. The maximum Gasteiger partial charge on any atom is 0.148 e. The van der Waals surface area contributed by atoms with Gasteiger partial charge in [0, 0.05) is 32.4 Å². The normalized spacial score (nSPS) is 11.4. The quantitative estimate of drug-likeness (QED) is 0.725. The molecular formula is C13H22N6O. The molecule has 0 saturated carbocycles. The first-order valence-corrected chi connectivity index (χ1v) is 6.81. The molecule has 0 bridgehead atoms. The van der Waals surface area contributed by atoms with Crippen LogP contribution in [-0.2, 0) is 17.8 Å². The molecule has 0 saturated heterocycles. The van der Waals surface area contributed by atoms with E-state index in [-0.39, 0.29) is 0 Å². The maximum absolute atomic E-state index is 5.01. The van der Waals surface area contributed by atoms with Crippen LogP contribution >= 0.6 is 0 Å². The second-order valence-electron chi connectivity index (χ2n) is 4.86. The molecule has 2 heterocycles. The Kier molecular flexibility index (Phi) is 5.25. The molecule has 7 nitrogen and oxygen atoms in total. The lowest BCUT2D eigenvalue weighted by molar-refractivity contribution is 0.199. The van der Waals surface area contributed by atoms with Crippen molar-refractivity contribution in [2.45, 2.75) is 33.0 Å². The van der Waals surface area contributed by atoms with Crippen molar-refractivity contribution in [1.29, 1.82) is 0 Å². The summed E-state index contributed by atoms with van der Waals surface area (Å²) in [6.45, 7) is 7.11. The molecule has 0 fully saturated rings. The Bertz CT molecular complexity index is 518. The highest BCUT2D eigenvalue weighted by molar-refractivity contribution is 5.02. The summed E-state index contributed by atoms with van der Waals surface area (Å²) in [5, 5.41) is 11.9. The molecule has 1 N–H and O–H groups in total. The van der Waals surface area contributed by atoms with Gasteiger partial charge < -0.3 is 10.1 Å². The Morgan fingerprint density at radius 2 is 2.20 bits per heavy atom. The molecule has 0 amide bonds. The lowest BCUT2D eigenvalue weighted by Crippen LogP contribution is -2.22. The molecule has 0 aliphatic carbocycles. The third-order valence-electron chi connectivity index (χ3n) is 3.02. The maximum atomic E-state index is 5.01. The van der Waals surface area contributed by atoms with E-state index >= 15 is 0 Å². The van der Waals surface area contributed by atoms with Crippen molar-refractivity contribution < 1.29 is 4.74 Å². The van der Waals surface area contributed by atoms with Crippen LogP contribution in [0.25, 0.3) is 0 Å². The molecule has 0 radical (unpaired) electrons. The minimum Gasteiger partial charge on any atom is -0.383 e. The molecule has 2 rings (SSSR count). The van der Waals surface area contributed by atoms with E-state index in [2.05, 4.69) is 34.3 Å². The largest absolute Gasteiger partial charge is 0.383 e. The first-order valence-electron chi connectivity index (χ1n) is 6.81. The van der Waals surface area contributed by atoms with Gasteiger partial charge in [-0.05, 0) is 19.9 Å². The van der Waals surface area contributed by atoms with Gasteiger partial charge in [-0.2, -0.15) is 10.2 Å². The topological polar surface area (TPSA) is 69.8 Å². The number of hydrogen-bond acceptors (Lipinski definition) is 5. The zero-order chi connectivity index (χ0) is 14.4. The first-order chi connectivity index (χ1) is 9.72. The summed E-state index contributed by atoms with van der Waals surface area (Å²) in [5.74, 6) is 0.918. The monoisotopic (exact) mass is 278 g/mol. The number of hydrogen-bond donors (Lipinski definition) is 1. The van der Waals surface area contributed by atoms with Gasteiger partial charge >= 0.3 is 0 Å². The second kappa shape index (κ2) is 7.16. The molecule has 20 heavy (non-hydrogen) atoms. The number of nitrogens with zero attached hydrogens (tertiary/aromatic N) is 5. The fraction of sp³-hybridized carbons (Fsp3) is 0.615. The summed E-state index contributed by atoms with van der Waals surface area (Å²) in [4.78, 5) is 4.31. The first kappa shape index (κ1) is 14.7. The van der Waals surface area contributed by atoms with E-state index in [1.54, 1.807) is 13.4 Å². The van der Waals surface area contributed by atoms with Gasteiger partial charge in [0.15, 0.2) is 0 Å². The van der Waals surface area contributed by atoms with Gasteiger partial charge in [-0.1, -0.05) is 0 Å². The molecule has 0 atom stereocenters. The van der Waals surface area contributed by atoms with Crippen LogP contribution in [0.2, 0.25) is 0 Å². The van der Waals surface area contributed by atoms with E-state index in [1.165, 1.54) is 0 Å². The summed E-state index contributed by atoms with van der Waals surface area (Å²) < 4.78 is 8.88. The van der Waals surface area contributed by atoms with Gasteiger partial charge in [-0.3, -0.25) is 4.68 Å². The molecule has 110 valence electrons. The van der Waals surface area contributed by atoms with E-state index in [4.69, 9.17) is 4.74 Å². The Morgan fingerprint density at radius 1 is 1.35 bits per heavy atom. The fourth-order valence-electron chi connectivity index (χ4n) is 2.00. The zero-order valence-electron chi connectivity index (χ0n) is 12.3. The van der Waals surface area contributed by atoms with Gasteiger partial charge in [0.25, 0.3) is 0 Å². The third kappa shape index (κ3) is 3.64. The van der Waals surface area contributed by atoms with E-state index < -0.39 is 0 Å². The molecular weight excluding hydrogens is 256 g/mol. The lowest BCUT2D eigenvalue weighted by atomic mass is 10.4. The molecule has 0 spiro atoms. The molecule has 0 aliphatic heterocycles. The van der Waals surface area contributed by atoms with Crippen molar-refractivity contribution in [2.24, 2.45) is 0 Å². The van der Waals surface area contributed by atoms with E-state index in [9.17, 15) is 0 Å². The van der Waals surface area contributed by atoms with Crippen molar-refractivity contribution in [3.8, 4) is 0 Å². The summed E-state index contributed by atoms with van der Waals surface area (Å²) in [5.41, 5.74) is 1.12. The van der Waals surface area contributed by atoms with Crippen molar-refractivity contribution in [3.05, 3.63) is 30.1 Å². The van der Waals surface area contributed by atoms with E-state index in [1.807, 2.05) is 21.6 Å². The highest BCUT2D eigenvalue weighted by Gasteiger charge is 2.10. The Balaban J connectivity index is 1.99. The smallest absolute Gasteiger partial charge is 0.148 e. The van der Waals surface area contributed by atoms with E-state index in [0.29, 0.717) is 19.2 Å². The number of nitrogens with one attached hydrogen (secondary N) is 1. The van der Waals surface area contributed by atoms with Gasteiger partial charge in [0.1, 0.15) is 18.7 Å². The van der Waals surface area contributed by atoms with Crippen molar-refractivity contribution in [1.82, 2.24) is 29.9 Å². The molecule has 0 aliphatic rings. The van der Waals surface area contributed by atoms with Crippen LogP contribution in [0, 0.1) is 0 Å². The molecule has 0 unspecified atom stereocenters. The van der Waals surface area contributed by atoms with Gasteiger partial charge in [0.2, 0.25) is 0 Å². The standard InChI is InChI=1S/C13H22N6O/c1-11(2)19-13(15-10-17-19)9-18-12(4-5-16-18)8-14-6-7-20-3/h4-5,10-11,14H,6-9H2,1-3H3. The summed E-state index contributed by atoms with van der Waals surface area (Å²) in [6, 6.07) is 2.31. The van der Waals surface area contributed by atoms with Gasteiger partial charge in [-0.25, -0.2) is 9.67 Å². The van der Waals surface area contributed by atoms with Crippen LogP contribution in [0.1, 0.15) is 31.4 Å². The minimum atomic E-state index is 0.298. The summed E-state index contributed by atoms with van der Waals surface area (Å²) in [7, 11) is 1.70. The van der Waals surface area contributed by atoms with Crippen LogP contribution in [0.5, 0.6) is 0 Å². The Hall–Kier alpha value is -1.73.